The summed E-state index contributed by atoms with van der Waals surface area (Å²) in [4.78, 5) is 85.9. The van der Waals surface area contributed by atoms with Gasteiger partial charge in [-0.1, -0.05) is 145 Å². The number of benzene rings is 5. The fourth-order valence-corrected chi connectivity index (χ4v) is 8.59. The van der Waals surface area contributed by atoms with Crippen LogP contribution in [-0.4, -0.2) is 92.9 Å². The second-order valence-electron chi connectivity index (χ2n) is 17.7. The maximum atomic E-state index is 14.9. The number of likely N-dealkylation sites (tertiary alicyclic amines) is 1. The Morgan fingerprint density at radius 1 is 0.704 bits per heavy atom. The first kappa shape index (κ1) is 53.4. The van der Waals surface area contributed by atoms with Gasteiger partial charge in [-0.25, -0.2) is 19.2 Å². The molecule has 1 aliphatic heterocycles. The van der Waals surface area contributed by atoms with E-state index in [1.165, 1.54) is 12.1 Å². The highest BCUT2D eigenvalue weighted by Gasteiger charge is 2.62. The van der Waals surface area contributed by atoms with Crippen molar-refractivity contribution in [1.82, 2.24) is 15.5 Å². The Balaban J connectivity index is 1.37. The van der Waals surface area contributed by atoms with Gasteiger partial charge in [0.05, 0.1) is 22.7 Å². The van der Waals surface area contributed by atoms with Gasteiger partial charge in [0.25, 0.3) is 11.7 Å². The number of aliphatic hydroxyl groups is 2. The fraction of sp³-hybridized carbons (Fsp3) is 0.321. The van der Waals surface area contributed by atoms with Gasteiger partial charge in [-0.2, -0.15) is 0 Å². The molecule has 0 saturated carbocycles. The predicted molar refractivity (Wildman–Crippen MR) is 261 cm³/mol. The molecule has 71 heavy (non-hydrogen) atoms. The second-order valence-corrected chi connectivity index (χ2v) is 18.5. The lowest BCUT2D eigenvalue weighted by molar-refractivity contribution is -0.168. The zero-order chi connectivity index (χ0) is 51.1. The first-order valence-corrected chi connectivity index (χ1v) is 23.5. The van der Waals surface area contributed by atoms with Gasteiger partial charge in [-0.05, 0) is 74.4 Å². The van der Waals surface area contributed by atoms with E-state index in [0.29, 0.717) is 16.7 Å². The number of Topliss-reactive ketones (excluding diaryl/α,β-unsaturated/α-hetero) is 1. The number of hydrogen-bond acceptors (Lipinski definition) is 13. The predicted octanol–water partition coefficient (Wildman–Crippen LogP) is 7.90. The van der Waals surface area contributed by atoms with Gasteiger partial charge >= 0.3 is 24.1 Å². The number of hydrogen-bond donors (Lipinski definition) is 4. The van der Waals surface area contributed by atoms with Gasteiger partial charge in [0.2, 0.25) is 0 Å². The van der Waals surface area contributed by atoms with Crippen LogP contribution in [0.4, 0.5) is 9.59 Å². The van der Waals surface area contributed by atoms with Crippen molar-refractivity contribution in [1.29, 1.82) is 0 Å². The molecule has 6 rings (SSSR count). The van der Waals surface area contributed by atoms with Crippen LogP contribution in [0.1, 0.15) is 72.6 Å². The smallest absolute Gasteiger partial charge is 0.411 e. The molecule has 0 unspecified atom stereocenters. The third kappa shape index (κ3) is 14.3. The van der Waals surface area contributed by atoms with E-state index in [2.05, 4.69) is 10.6 Å². The van der Waals surface area contributed by atoms with Crippen molar-refractivity contribution >= 4 is 59.0 Å². The van der Waals surface area contributed by atoms with Gasteiger partial charge in [-0.3, -0.25) is 14.5 Å². The summed E-state index contributed by atoms with van der Waals surface area (Å²) < 4.78 is 28.4. The summed E-state index contributed by atoms with van der Waals surface area (Å²) in [7, 11) is 0. The molecule has 374 valence electrons. The molecule has 0 aliphatic carbocycles. The molecule has 1 heterocycles. The number of alkyl carbamates (subject to hydrolysis) is 1. The summed E-state index contributed by atoms with van der Waals surface area (Å²) in [6.07, 6.45) is -5.56. The van der Waals surface area contributed by atoms with Crippen molar-refractivity contribution < 1.29 is 62.7 Å². The van der Waals surface area contributed by atoms with Crippen LogP contribution >= 0.6 is 23.2 Å². The van der Waals surface area contributed by atoms with Crippen LogP contribution in [-0.2, 0) is 59.8 Å². The molecule has 5 aromatic rings. The van der Waals surface area contributed by atoms with Crippen LogP contribution < -0.4 is 15.4 Å². The minimum atomic E-state index is -2.46. The number of aliphatic hydroxyl groups excluding tert-OH is 2. The molecule has 16 nitrogen and oxygen atoms in total. The van der Waals surface area contributed by atoms with Crippen LogP contribution in [0.25, 0.3) is 0 Å². The molecule has 3 amide bonds. The minimum absolute atomic E-state index is 0.0412. The van der Waals surface area contributed by atoms with Gasteiger partial charge in [-0.15, -0.1) is 0 Å². The topological polar surface area (TPSA) is 216 Å². The zero-order valence-corrected chi connectivity index (χ0v) is 40.8. The Morgan fingerprint density at radius 2 is 1.18 bits per heavy atom. The van der Waals surface area contributed by atoms with E-state index in [4.69, 9.17) is 46.9 Å². The van der Waals surface area contributed by atoms with Gasteiger partial charge in [0.15, 0.2) is 11.3 Å². The molecule has 0 bridgehead atoms. The Hall–Kier alpha value is -6.98. The summed E-state index contributed by atoms with van der Waals surface area (Å²) in [5.41, 5.74) is -1.21. The third-order valence-electron chi connectivity index (χ3n) is 11.4. The normalized spacial score (nSPS) is 16.7. The molecule has 0 spiro atoms. The van der Waals surface area contributed by atoms with E-state index in [0.717, 1.165) is 10.5 Å². The van der Waals surface area contributed by atoms with Gasteiger partial charge in [0.1, 0.15) is 44.2 Å². The van der Waals surface area contributed by atoms with E-state index < -0.39 is 90.6 Å². The van der Waals surface area contributed by atoms with E-state index in [-0.39, 0.29) is 54.2 Å². The molecule has 0 radical (unpaired) electrons. The van der Waals surface area contributed by atoms with Crippen LogP contribution in [0.3, 0.4) is 0 Å². The highest BCUT2D eigenvalue weighted by molar-refractivity contribution is 6.38. The Labute approximate surface area is 421 Å². The van der Waals surface area contributed by atoms with Crippen LogP contribution in [0.2, 0.25) is 10.0 Å². The summed E-state index contributed by atoms with van der Waals surface area (Å²) in [5.74, 6) is -4.56. The number of rotatable bonds is 20. The summed E-state index contributed by atoms with van der Waals surface area (Å²) in [5, 5.41) is 28.2. The van der Waals surface area contributed by atoms with Crippen molar-refractivity contribution in [2.24, 2.45) is 0 Å². The van der Waals surface area contributed by atoms with Crippen LogP contribution in [0.15, 0.2) is 133 Å². The average molecular weight is 1010 g/mol. The molecule has 5 aromatic carbocycles. The third-order valence-corrected chi connectivity index (χ3v) is 12.0. The first-order valence-electron chi connectivity index (χ1n) is 22.7. The van der Waals surface area contributed by atoms with E-state index in [1.807, 2.05) is 30.3 Å². The molecule has 1 aliphatic rings. The lowest BCUT2D eigenvalue weighted by Crippen LogP contribution is -2.68. The quantitative estimate of drug-likeness (QED) is 0.0332. The van der Waals surface area contributed by atoms with Crippen molar-refractivity contribution in [3.8, 4) is 5.75 Å². The van der Waals surface area contributed by atoms with Crippen LogP contribution in [0.5, 0.6) is 5.75 Å². The van der Waals surface area contributed by atoms with Crippen molar-refractivity contribution in [3.63, 3.8) is 0 Å². The maximum absolute atomic E-state index is 14.9. The zero-order valence-electron chi connectivity index (χ0n) is 39.3. The van der Waals surface area contributed by atoms with Crippen LogP contribution in [0, 0.1) is 0 Å². The van der Waals surface area contributed by atoms with Gasteiger partial charge in [0, 0.05) is 11.6 Å². The standard InChI is InChI=1S/C53H55Cl2N3O13/c1-52(2,3)71-48(63)44(60)42(56-47(62)38-26-40(54)45(41(55)27-38)67-30-34-16-8-4-9-17-34)28-39-24-25-53(49(64)68-31-35-18-10-5-11-19-35,58(39)51(66)70-33-37-22-14-7-15-23-37)46(61)43(29-59)57-50(65)69-32-36-20-12-6-13-21-36/h4-23,26-27,39,42-43,46,59,61H,24-25,28-33H2,1-3H3,(H,56,62)(H,57,65)/t39-,42+,43+,46+,53-/m1/s1. The summed E-state index contributed by atoms with van der Waals surface area (Å²) in [6.45, 7) is 2.91. The molecular formula is C53H55Cl2N3O13. The summed E-state index contributed by atoms with van der Waals surface area (Å²) in [6, 6.07) is 32.7. The maximum Gasteiger partial charge on any atom is 0.411 e. The molecule has 18 heteroatoms. The number of nitrogens with one attached hydrogen (secondary N) is 2. The Kier molecular flexibility index (Phi) is 18.6. The largest absolute Gasteiger partial charge is 0.486 e. The molecule has 0 aromatic heterocycles. The number of ketones is 1. The average Bonchev–Trinajstić information content (AvgIpc) is 3.75. The number of esters is 2. The number of carbonyl (C=O) groups excluding carboxylic acids is 6. The van der Waals surface area contributed by atoms with Crippen molar-refractivity contribution in [3.05, 3.63) is 171 Å². The minimum Gasteiger partial charge on any atom is -0.486 e. The first-order chi connectivity index (χ1) is 34.0. The second kappa shape index (κ2) is 24.7. The van der Waals surface area contributed by atoms with Crippen molar-refractivity contribution in [2.75, 3.05) is 6.61 Å². The lowest BCUT2D eigenvalue weighted by atomic mass is 9.85. The molecular weight excluding hydrogens is 957 g/mol. The molecule has 5 atom stereocenters. The lowest BCUT2D eigenvalue weighted by Gasteiger charge is -2.43. The number of nitrogens with zero attached hydrogens (tertiary/aromatic N) is 1. The van der Waals surface area contributed by atoms with E-state index >= 15 is 0 Å². The highest BCUT2D eigenvalue weighted by Crippen LogP contribution is 2.42. The Bertz CT molecular complexity index is 2600. The number of carbonyl (C=O) groups is 6. The highest BCUT2D eigenvalue weighted by atomic mass is 35.5. The summed E-state index contributed by atoms with van der Waals surface area (Å²) >= 11 is 13.2. The number of halogens is 2. The van der Waals surface area contributed by atoms with Gasteiger partial charge < -0.3 is 44.5 Å². The Morgan fingerprint density at radius 3 is 1.68 bits per heavy atom. The molecule has 4 N–H and O–H groups in total. The SMILES string of the molecule is CC(C)(C)OC(=O)C(=O)[C@H](C[C@H]1CC[C@](C(=O)OCc2ccccc2)([C@@H](O)[C@H](CO)NC(=O)OCc2ccccc2)N1C(=O)OCc1ccccc1)NC(=O)c1cc(Cl)c(OCc2ccccc2)c(Cl)c1. The number of amides is 3. The van der Waals surface area contributed by atoms with E-state index in [1.54, 1.807) is 112 Å². The monoisotopic (exact) mass is 1010 g/mol. The van der Waals surface area contributed by atoms with Crippen molar-refractivity contribution in [2.45, 2.75) is 102 Å². The fourth-order valence-electron chi connectivity index (χ4n) is 7.99. The molecule has 1 saturated heterocycles. The number of ether oxygens (including phenoxy) is 5. The molecule has 1 fully saturated rings. The van der Waals surface area contributed by atoms with E-state index in [9.17, 15) is 39.0 Å².